The first-order valence-electron chi connectivity index (χ1n) is 6.61. The molecule has 2 rings (SSSR count). The van der Waals surface area contributed by atoms with E-state index in [0.717, 1.165) is 18.4 Å². The molecule has 0 aromatic heterocycles. The summed E-state index contributed by atoms with van der Waals surface area (Å²) in [6.45, 7) is 4.63. The van der Waals surface area contributed by atoms with E-state index in [1.54, 1.807) is 4.31 Å². The van der Waals surface area contributed by atoms with Crippen LogP contribution in [0.3, 0.4) is 0 Å². The molecule has 1 aromatic rings. The number of rotatable bonds is 4. The lowest BCUT2D eigenvalue weighted by atomic mass is 10.0. The monoisotopic (exact) mass is 267 g/mol. The van der Waals surface area contributed by atoms with Crippen molar-refractivity contribution in [2.75, 3.05) is 12.3 Å². The van der Waals surface area contributed by atoms with Gasteiger partial charge in [0.1, 0.15) is 0 Å². The Labute approximate surface area is 110 Å². The summed E-state index contributed by atoms with van der Waals surface area (Å²) in [6, 6.07) is 8.14. The molecule has 0 bridgehead atoms. The van der Waals surface area contributed by atoms with Crippen molar-refractivity contribution < 1.29 is 8.42 Å². The summed E-state index contributed by atoms with van der Waals surface area (Å²) in [5.74, 6) is 0.259. The Bertz CT molecular complexity index is 510. The fourth-order valence-electron chi connectivity index (χ4n) is 2.72. The smallest absolute Gasteiger partial charge is 0.212 e. The third kappa shape index (κ3) is 2.59. The minimum atomic E-state index is -3.09. The number of sulfonamides is 1. The number of nitrogens with zero attached hydrogens (tertiary/aromatic N) is 1. The lowest BCUT2D eigenvalue weighted by Crippen LogP contribution is -2.32. The van der Waals surface area contributed by atoms with Crippen molar-refractivity contribution in [3.05, 3.63) is 35.4 Å². The maximum atomic E-state index is 12.3. The Morgan fingerprint density at radius 1 is 1.33 bits per heavy atom. The Hall–Kier alpha value is -0.870. The highest BCUT2D eigenvalue weighted by Crippen LogP contribution is 2.35. The van der Waals surface area contributed by atoms with Crippen LogP contribution >= 0.6 is 0 Å². The van der Waals surface area contributed by atoms with Gasteiger partial charge in [-0.2, -0.15) is 4.31 Å². The van der Waals surface area contributed by atoms with Gasteiger partial charge in [0.2, 0.25) is 10.0 Å². The van der Waals surface area contributed by atoms with Crippen LogP contribution < -0.4 is 0 Å². The van der Waals surface area contributed by atoms with Crippen LogP contribution in [0.25, 0.3) is 0 Å². The lowest BCUT2D eigenvalue weighted by Gasteiger charge is -2.25. The minimum absolute atomic E-state index is 0.0442. The molecule has 1 saturated heterocycles. The topological polar surface area (TPSA) is 37.4 Å². The highest BCUT2D eigenvalue weighted by molar-refractivity contribution is 7.89. The normalized spacial score (nSPS) is 21.3. The molecule has 3 nitrogen and oxygen atoms in total. The van der Waals surface area contributed by atoms with Gasteiger partial charge in [0.15, 0.2) is 0 Å². The zero-order valence-corrected chi connectivity index (χ0v) is 11.9. The molecular formula is C14H21NO2S. The fraction of sp³-hybridized carbons (Fsp3) is 0.571. The zero-order valence-electron chi connectivity index (χ0n) is 11.1. The van der Waals surface area contributed by atoms with Crippen LogP contribution in [0.2, 0.25) is 0 Å². The standard InChI is InChI=1S/C14H21NO2S/c1-3-11-18(16,17)15-10-6-9-14(15)13-8-5-4-7-12(13)2/h4-5,7-8,14H,3,6,9-11H2,1-2H3/t14-/m1/s1. The summed E-state index contributed by atoms with van der Waals surface area (Å²) in [5, 5.41) is 0. The lowest BCUT2D eigenvalue weighted by molar-refractivity contribution is 0.395. The molecule has 0 amide bonds. The van der Waals surface area contributed by atoms with Crippen molar-refractivity contribution >= 4 is 10.0 Å². The molecule has 0 saturated carbocycles. The highest BCUT2D eigenvalue weighted by atomic mass is 32.2. The first-order chi connectivity index (χ1) is 8.56. The van der Waals surface area contributed by atoms with Crippen molar-refractivity contribution in [3.63, 3.8) is 0 Å². The molecule has 18 heavy (non-hydrogen) atoms. The Kier molecular flexibility index (Phi) is 4.07. The van der Waals surface area contributed by atoms with Crippen LogP contribution in [0, 0.1) is 6.92 Å². The van der Waals surface area contributed by atoms with Crippen molar-refractivity contribution in [1.82, 2.24) is 4.31 Å². The van der Waals surface area contributed by atoms with Crippen molar-refractivity contribution in [1.29, 1.82) is 0 Å². The Morgan fingerprint density at radius 2 is 2.06 bits per heavy atom. The quantitative estimate of drug-likeness (QED) is 0.841. The second kappa shape index (κ2) is 5.41. The molecule has 0 aliphatic carbocycles. The van der Waals surface area contributed by atoms with Crippen LogP contribution in [-0.2, 0) is 10.0 Å². The molecule has 1 aromatic carbocycles. The molecule has 0 radical (unpaired) electrons. The Morgan fingerprint density at radius 3 is 2.72 bits per heavy atom. The molecule has 0 spiro atoms. The van der Waals surface area contributed by atoms with Crippen LogP contribution in [0.4, 0.5) is 0 Å². The minimum Gasteiger partial charge on any atom is -0.212 e. The number of hydrogen-bond acceptors (Lipinski definition) is 2. The van der Waals surface area contributed by atoms with Crippen molar-refractivity contribution in [2.24, 2.45) is 0 Å². The summed E-state index contributed by atoms with van der Waals surface area (Å²) >= 11 is 0. The van der Waals surface area contributed by atoms with E-state index in [0.29, 0.717) is 13.0 Å². The van der Waals surface area contributed by atoms with Crippen LogP contribution in [0.5, 0.6) is 0 Å². The van der Waals surface area contributed by atoms with E-state index in [2.05, 4.69) is 19.1 Å². The maximum Gasteiger partial charge on any atom is 0.214 e. The molecule has 0 unspecified atom stereocenters. The predicted octanol–water partition coefficient (Wildman–Crippen LogP) is 2.87. The molecule has 100 valence electrons. The molecule has 1 aliphatic rings. The number of aryl methyl sites for hydroxylation is 1. The van der Waals surface area contributed by atoms with Gasteiger partial charge in [-0.1, -0.05) is 31.2 Å². The third-order valence-corrected chi connectivity index (χ3v) is 5.65. The molecule has 0 N–H and O–H groups in total. The average Bonchev–Trinajstić information content (AvgIpc) is 2.79. The second-order valence-corrected chi connectivity index (χ2v) is 6.98. The van der Waals surface area contributed by atoms with Crippen LogP contribution in [0.1, 0.15) is 43.4 Å². The van der Waals surface area contributed by atoms with E-state index in [1.165, 1.54) is 5.56 Å². The molecule has 1 fully saturated rings. The van der Waals surface area contributed by atoms with Gasteiger partial charge in [0.05, 0.1) is 5.75 Å². The summed E-state index contributed by atoms with van der Waals surface area (Å²) < 4.78 is 26.2. The zero-order chi connectivity index (χ0) is 13.2. The first-order valence-corrected chi connectivity index (χ1v) is 8.22. The van der Waals surface area contributed by atoms with Gasteiger partial charge in [0, 0.05) is 12.6 Å². The van der Waals surface area contributed by atoms with E-state index >= 15 is 0 Å². The van der Waals surface area contributed by atoms with Gasteiger partial charge in [0.25, 0.3) is 0 Å². The van der Waals surface area contributed by atoms with Crippen molar-refractivity contribution in [2.45, 2.75) is 39.2 Å². The largest absolute Gasteiger partial charge is 0.214 e. The van der Waals surface area contributed by atoms with Crippen molar-refractivity contribution in [3.8, 4) is 0 Å². The maximum absolute atomic E-state index is 12.3. The molecule has 1 atom stereocenters. The van der Waals surface area contributed by atoms with Crippen LogP contribution in [-0.4, -0.2) is 25.0 Å². The summed E-state index contributed by atoms with van der Waals surface area (Å²) in [4.78, 5) is 0. The first kappa shape index (κ1) is 13.6. The van der Waals surface area contributed by atoms with Gasteiger partial charge in [-0.05, 0) is 37.3 Å². The van der Waals surface area contributed by atoms with Gasteiger partial charge in [-0.3, -0.25) is 0 Å². The summed E-state index contributed by atoms with van der Waals surface area (Å²) in [7, 11) is -3.09. The van der Waals surface area contributed by atoms with Crippen LogP contribution in [0.15, 0.2) is 24.3 Å². The molecule has 4 heteroatoms. The van der Waals surface area contributed by atoms with E-state index < -0.39 is 10.0 Å². The van der Waals surface area contributed by atoms with Gasteiger partial charge in [-0.25, -0.2) is 8.42 Å². The average molecular weight is 267 g/mol. The summed E-state index contributed by atoms with van der Waals surface area (Å²) in [5.41, 5.74) is 2.34. The fourth-order valence-corrected chi connectivity index (χ4v) is 4.48. The predicted molar refractivity (Wildman–Crippen MR) is 73.9 cm³/mol. The van der Waals surface area contributed by atoms with E-state index in [-0.39, 0.29) is 11.8 Å². The second-order valence-electron chi connectivity index (χ2n) is 4.94. The molecule has 1 aliphatic heterocycles. The highest BCUT2D eigenvalue weighted by Gasteiger charge is 2.34. The number of benzene rings is 1. The van der Waals surface area contributed by atoms with E-state index in [9.17, 15) is 8.42 Å². The number of hydrogen-bond donors (Lipinski definition) is 0. The van der Waals surface area contributed by atoms with Gasteiger partial charge >= 0.3 is 0 Å². The SMILES string of the molecule is CCCS(=O)(=O)N1CCC[C@@H]1c1ccccc1C. The van der Waals surface area contributed by atoms with Gasteiger partial charge in [-0.15, -0.1) is 0 Å². The molecule has 1 heterocycles. The summed E-state index contributed by atoms with van der Waals surface area (Å²) in [6.07, 6.45) is 2.58. The molecular weight excluding hydrogens is 246 g/mol. The third-order valence-electron chi connectivity index (χ3n) is 3.57. The van der Waals surface area contributed by atoms with E-state index in [1.807, 2.05) is 19.1 Å². The van der Waals surface area contributed by atoms with Gasteiger partial charge < -0.3 is 0 Å². The van der Waals surface area contributed by atoms with E-state index in [4.69, 9.17) is 0 Å². The Balaban J connectivity index is 2.31.